The van der Waals surface area contributed by atoms with E-state index in [1.165, 1.54) is 11.3 Å². The monoisotopic (exact) mass is 281 g/mol. The predicted octanol–water partition coefficient (Wildman–Crippen LogP) is 1.49. The second-order valence-corrected chi connectivity index (χ2v) is 5.63. The number of aromatic nitrogens is 1. The first-order valence-electron chi connectivity index (χ1n) is 6.73. The lowest BCUT2D eigenvalue weighted by Gasteiger charge is -2.14. The van der Waals surface area contributed by atoms with Crippen molar-refractivity contribution in [1.29, 1.82) is 0 Å². The molecule has 1 aromatic rings. The molecule has 1 aromatic heterocycles. The average molecular weight is 281 g/mol. The Balaban J connectivity index is 1.96. The summed E-state index contributed by atoms with van der Waals surface area (Å²) < 4.78 is 0. The lowest BCUT2D eigenvalue weighted by atomic mass is 10.1. The Labute approximate surface area is 116 Å². The third kappa shape index (κ3) is 3.76. The number of thiazole rings is 1. The predicted molar refractivity (Wildman–Crippen MR) is 74.2 cm³/mol. The van der Waals surface area contributed by atoms with Gasteiger partial charge in [-0.25, -0.2) is 4.98 Å². The van der Waals surface area contributed by atoms with E-state index in [2.05, 4.69) is 22.5 Å². The van der Waals surface area contributed by atoms with Gasteiger partial charge < -0.3 is 10.6 Å². The Morgan fingerprint density at radius 2 is 2.42 bits per heavy atom. The third-order valence-electron chi connectivity index (χ3n) is 3.09. The quantitative estimate of drug-likeness (QED) is 0.878. The van der Waals surface area contributed by atoms with Crippen molar-refractivity contribution in [3.63, 3.8) is 0 Å². The van der Waals surface area contributed by atoms with E-state index >= 15 is 0 Å². The van der Waals surface area contributed by atoms with Gasteiger partial charge in [0.05, 0.1) is 5.01 Å². The molecule has 1 fully saturated rings. The summed E-state index contributed by atoms with van der Waals surface area (Å²) in [5, 5.41) is 8.31. The van der Waals surface area contributed by atoms with E-state index in [9.17, 15) is 9.59 Å². The number of hydrogen-bond acceptors (Lipinski definition) is 4. The van der Waals surface area contributed by atoms with E-state index in [0.29, 0.717) is 18.7 Å². The van der Waals surface area contributed by atoms with Crippen molar-refractivity contribution in [3.8, 4) is 0 Å². The Kier molecular flexibility index (Phi) is 4.90. The summed E-state index contributed by atoms with van der Waals surface area (Å²) in [6, 6.07) is -0.425. The Morgan fingerprint density at radius 3 is 3.21 bits per heavy atom. The summed E-state index contributed by atoms with van der Waals surface area (Å²) in [6.45, 7) is 2.78. The Morgan fingerprint density at radius 1 is 1.58 bits per heavy atom. The summed E-state index contributed by atoms with van der Waals surface area (Å²) >= 11 is 1.50. The Bertz CT molecular complexity index is 458. The van der Waals surface area contributed by atoms with Crippen molar-refractivity contribution < 1.29 is 9.59 Å². The van der Waals surface area contributed by atoms with Gasteiger partial charge in [0.2, 0.25) is 5.91 Å². The van der Waals surface area contributed by atoms with Crippen molar-refractivity contribution in [2.45, 2.75) is 45.1 Å². The van der Waals surface area contributed by atoms with Crippen LogP contribution in [-0.4, -0.2) is 29.4 Å². The maximum Gasteiger partial charge on any atom is 0.271 e. The molecule has 5 nitrogen and oxygen atoms in total. The summed E-state index contributed by atoms with van der Waals surface area (Å²) in [5.74, 6) is -0.337. The first kappa shape index (κ1) is 14.0. The van der Waals surface area contributed by atoms with E-state index < -0.39 is 6.04 Å². The first-order chi connectivity index (χ1) is 9.20. The molecular weight excluding hydrogens is 262 g/mol. The molecule has 19 heavy (non-hydrogen) atoms. The van der Waals surface area contributed by atoms with Gasteiger partial charge in [-0.2, -0.15) is 0 Å². The van der Waals surface area contributed by atoms with Gasteiger partial charge in [0.25, 0.3) is 5.91 Å². The molecule has 0 aromatic carbocycles. The number of carbonyl (C=O) groups is 2. The van der Waals surface area contributed by atoms with E-state index in [1.807, 2.05) is 0 Å². The second-order valence-electron chi connectivity index (χ2n) is 4.69. The molecule has 0 saturated carbocycles. The molecule has 1 atom stereocenters. The Hall–Kier alpha value is -1.43. The molecule has 2 heterocycles. The maximum absolute atomic E-state index is 12.0. The zero-order valence-electron chi connectivity index (χ0n) is 11.1. The van der Waals surface area contributed by atoms with Crippen LogP contribution < -0.4 is 10.6 Å². The normalized spacial score (nSPS) is 19.6. The summed E-state index contributed by atoms with van der Waals surface area (Å²) in [7, 11) is 0. The highest BCUT2D eigenvalue weighted by molar-refractivity contribution is 7.09. The fraction of sp³-hybridized carbons (Fsp3) is 0.615. The lowest BCUT2D eigenvalue weighted by molar-refractivity contribution is -0.122. The van der Waals surface area contributed by atoms with Crippen LogP contribution in [0.4, 0.5) is 0 Å². The van der Waals surface area contributed by atoms with Crippen molar-refractivity contribution in [3.05, 3.63) is 16.1 Å². The molecule has 1 saturated heterocycles. The number of nitrogens with zero attached hydrogens (tertiary/aromatic N) is 1. The summed E-state index contributed by atoms with van der Waals surface area (Å²) in [5.41, 5.74) is 0.422. The van der Waals surface area contributed by atoms with Crippen LogP contribution in [0.1, 0.15) is 48.1 Å². The molecule has 2 rings (SSSR count). The van der Waals surface area contributed by atoms with Crippen LogP contribution in [0.5, 0.6) is 0 Å². The van der Waals surface area contributed by atoms with Gasteiger partial charge in [-0.1, -0.05) is 6.92 Å². The molecule has 1 aliphatic heterocycles. The maximum atomic E-state index is 12.0. The van der Waals surface area contributed by atoms with Crippen molar-refractivity contribution in [1.82, 2.24) is 15.6 Å². The minimum absolute atomic E-state index is 0.0881. The van der Waals surface area contributed by atoms with Gasteiger partial charge in [-0.05, 0) is 32.1 Å². The van der Waals surface area contributed by atoms with Crippen LogP contribution in [0.2, 0.25) is 0 Å². The van der Waals surface area contributed by atoms with E-state index in [4.69, 9.17) is 0 Å². The van der Waals surface area contributed by atoms with Crippen LogP contribution in [0.25, 0.3) is 0 Å². The first-order valence-corrected chi connectivity index (χ1v) is 7.61. The molecule has 6 heteroatoms. The highest BCUT2D eigenvalue weighted by Gasteiger charge is 2.23. The SMILES string of the molecule is CCCc1nc(C(=O)N[C@@H]2CCCCNC2=O)cs1. The number of nitrogens with one attached hydrogen (secondary N) is 2. The lowest BCUT2D eigenvalue weighted by Crippen LogP contribution is -2.45. The number of hydrogen-bond donors (Lipinski definition) is 2. The zero-order valence-corrected chi connectivity index (χ0v) is 11.9. The molecule has 0 unspecified atom stereocenters. The third-order valence-corrected chi connectivity index (χ3v) is 4.00. The van der Waals surface area contributed by atoms with E-state index in [-0.39, 0.29) is 11.8 Å². The molecule has 0 aliphatic carbocycles. The molecule has 0 bridgehead atoms. The van der Waals surface area contributed by atoms with Crippen LogP contribution in [-0.2, 0) is 11.2 Å². The smallest absolute Gasteiger partial charge is 0.271 e. The van der Waals surface area contributed by atoms with Crippen molar-refractivity contribution in [2.24, 2.45) is 0 Å². The van der Waals surface area contributed by atoms with Gasteiger partial charge in [-0.3, -0.25) is 9.59 Å². The van der Waals surface area contributed by atoms with Crippen LogP contribution in [0.15, 0.2) is 5.38 Å². The fourth-order valence-corrected chi connectivity index (χ4v) is 2.93. The zero-order chi connectivity index (χ0) is 13.7. The van der Waals surface area contributed by atoms with Gasteiger partial charge in [-0.15, -0.1) is 11.3 Å². The van der Waals surface area contributed by atoms with E-state index in [1.54, 1.807) is 5.38 Å². The highest BCUT2D eigenvalue weighted by atomic mass is 32.1. The minimum Gasteiger partial charge on any atom is -0.354 e. The molecule has 0 spiro atoms. The van der Waals surface area contributed by atoms with E-state index in [0.717, 1.165) is 30.7 Å². The number of rotatable bonds is 4. The fourth-order valence-electron chi connectivity index (χ4n) is 2.05. The van der Waals surface area contributed by atoms with Crippen LogP contribution in [0.3, 0.4) is 0 Å². The molecule has 2 N–H and O–H groups in total. The van der Waals surface area contributed by atoms with Crippen LogP contribution in [0, 0.1) is 0 Å². The molecule has 104 valence electrons. The van der Waals surface area contributed by atoms with Gasteiger partial charge in [0, 0.05) is 11.9 Å². The van der Waals surface area contributed by atoms with Gasteiger partial charge >= 0.3 is 0 Å². The van der Waals surface area contributed by atoms with Crippen LogP contribution >= 0.6 is 11.3 Å². The minimum atomic E-state index is -0.425. The molecule has 1 aliphatic rings. The van der Waals surface area contributed by atoms with Crippen molar-refractivity contribution in [2.75, 3.05) is 6.54 Å². The van der Waals surface area contributed by atoms with Gasteiger partial charge in [0.1, 0.15) is 11.7 Å². The number of carbonyl (C=O) groups excluding carboxylic acids is 2. The topological polar surface area (TPSA) is 71.1 Å². The number of amides is 2. The summed E-state index contributed by atoms with van der Waals surface area (Å²) in [6.07, 6.45) is 4.52. The van der Waals surface area contributed by atoms with Gasteiger partial charge in [0.15, 0.2) is 0 Å². The van der Waals surface area contributed by atoms with Crippen molar-refractivity contribution >= 4 is 23.2 Å². The average Bonchev–Trinajstić information content (AvgIpc) is 2.77. The standard InChI is InChI=1S/C13H19N3O2S/c1-2-5-11-15-10(8-19-11)13(18)16-9-6-3-4-7-14-12(9)17/h8-9H,2-7H2,1H3,(H,14,17)(H,16,18)/t9-/m1/s1. The second kappa shape index (κ2) is 6.65. The number of aryl methyl sites for hydroxylation is 1. The molecular formula is C13H19N3O2S. The summed E-state index contributed by atoms with van der Waals surface area (Å²) in [4.78, 5) is 28.1. The molecule has 0 radical (unpaired) electrons. The highest BCUT2D eigenvalue weighted by Crippen LogP contribution is 2.12. The molecule has 2 amide bonds. The largest absolute Gasteiger partial charge is 0.354 e.